The number of ether oxygens (including phenoxy) is 1. The van der Waals surface area contributed by atoms with Crippen LogP contribution in [0, 0.1) is 16.7 Å². The highest BCUT2D eigenvalue weighted by Crippen LogP contribution is 2.66. The first-order chi connectivity index (χ1) is 8.47. The van der Waals surface area contributed by atoms with E-state index in [-0.39, 0.29) is 11.5 Å². The molecule has 2 aliphatic carbocycles. The van der Waals surface area contributed by atoms with Crippen LogP contribution in [-0.4, -0.2) is 11.1 Å². The van der Waals surface area contributed by atoms with E-state index < -0.39 is 0 Å². The smallest absolute Gasteiger partial charge is 0.394 e. The molecule has 2 fully saturated rings. The predicted octanol–water partition coefficient (Wildman–Crippen LogP) is 2.73. The molecule has 0 amide bonds. The van der Waals surface area contributed by atoms with Gasteiger partial charge in [0.2, 0.25) is 0 Å². The van der Waals surface area contributed by atoms with Crippen molar-refractivity contribution >= 4 is 0 Å². The predicted molar refractivity (Wildman–Crippen MR) is 68.0 cm³/mol. The first-order valence-electron chi connectivity index (χ1n) is 6.78. The molecular weight excluding hydrogens is 228 g/mol. The lowest BCUT2D eigenvalue weighted by Gasteiger charge is -2.38. The molecule has 1 aromatic rings. The third-order valence-corrected chi connectivity index (χ3v) is 5.70. The molecule has 3 rings (SSSR count). The van der Waals surface area contributed by atoms with Gasteiger partial charge in [-0.25, -0.2) is 0 Å². The summed E-state index contributed by atoms with van der Waals surface area (Å²) >= 11 is 0. The number of rotatable bonds is 3. The van der Waals surface area contributed by atoms with Gasteiger partial charge in [0, 0.05) is 12.0 Å². The summed E-state index contributed by atoms with van der Waals surface area (Å²) in [4.78, 5) is 4.24. The van der Waals surface area contributed by atoms with Crippen molar-refractivity contribution in [3.8, 4) is 6.08 Å². The maximum Gasteiger partial charge on any atom is 0.394 e. The Morgan fingerprint density at radius 3 is 2.78 bits per heavy atom. The van der Waals surface area contributed by atoms with Gasteiger partial charge in [-0.2, -0.15) is 4.98 Å². The third kappa shape index (κ3) is 1.44. The molecule has 2 aliphatic rings. The molecule has 3 unspecified atom stereocenters. The van der Waals surface area contributed by atoms with Gasteiger partial charge in [0.25, 0.3) is 0 Å². The highest BCUT2D eigenvalue weighted by Gasteiger charge is 2.62. The Balaban J connectivity index is 1.79. The van der Waals surface area contributed by atoms with Crippen molar-refractivity contribution in [2.75, 3.05) is 0 Å². The first-order valence-corrected chi connectivity index (χ1v) is 6.78. The van der Waals surface area contributed by atoms with Gasteiger partial charge in [-0.05, 0) is 30.6 Å². The summed E-state index contributed by atoms with van der Waals surface area (Å²) < 4.78 is 11.3. The van der Waals surface area contributed by atoms with E-state index in [0.29, 0.717) is 18.0 Å². The van der Waals surface area contributed by atoms with E-state index in [2.05, 4.69) is 25.8 Å². The number of nitrogens with zero attached hydrogens (tertiary/aromatic N) is 1. The Hall–Kier alpha value is -1.03. The molecule has 0 radical (unpaired) electrons. The molecule has 100 valence electrons. The van der Waals surface area contributed by atoms with Crippen molar-refractivity contribution in [1.29, 1.82) is 0 Å². The van der Waals surface area contributed by atoms with Crippen LogP contribution >= 0.6 is 0 Å². The van der Waals surface area contributed by atoms with Gasteiger partial charge in [0.15, 0.2) is 0 Å². The lowest BCUT2D eigenvalue weighted by Crippen LogP contribution is -2.38. The second-order valence-corrected chi connectivity index (χ2v) is 6.53. The van der Waals surface area contributed by atoms with E-state index in [1.807, 2.05) is 0 Å². The van der Waals surface area contributed by atoms with Crippen molar-refractivity contribution in [2.45, 2.75) is 52.7 Å². The van der Waals surface area contributed by atoms with Crippen molar-refractivity contribution in [3.05, 3.63) is 12.0 Å². The van der Waals surface area contributed by atoms with Gasteiger partial charge in [0.05, 0.1) is 5.69 Å². The van der Waals surface area contributed by atoms with Crippen LogP contribution in [-0.2, 0) is 6.54 Å². The largest absolute Gasteiger partial charge is 0.446 e. The molecule has 0 spiro atoms. The summed E-state index contributed by atoms with van der Waals surface area (Å²) in [5, 5.41) is 0. The molecule has 3 atom stereocenters. The maximum absolute atomic E-state index is 6.00. The minimum Gasteiger partial charge on any atom is -0.446 e. The number of fused-ring (bicyclic) bond motifs is 2. The van der Waals surface area contributed by atoms with Gasteiger partial charge in [0.1, 0.15) is 12.4 Å². The zero-order valence-corrected chi connectivity index (χ0v) is 11.4. The van der Waals surface area contributed by atoms with E-state index in [9.17, 15) is 0 Å². The second-order valence-electron chi connectivity index (χ2n) is 6.53. The van der Waals surface area contributed by atoms with Crippen LogP contribution in [0.1, 0.15) is 45.7 Å². The van der Waals surface area contributed by atoms with Gasteiger partial charge >= 0.3 is 6.08 Å². The lowest BCUT2D eigenvalue weighted by atomic mass is 9.70. The Morgan fingerprint density at radius 2 is 2.28 bits per heavy atom. The average Bonchev–Trinajstić information content (AvgIpc) is 2.92. The summed E-state index contributed by atoms with van der Waals surface area (Å²) in [6.07, 6.45) is 5.85. The van der Waals surface area contributed by atoms with E-state index in [0.717, 1.165) is 18.0 Å². The molecule has 0 saturated heterocycles. The first kappa shape index (κ1) is 12.0. The molecule has 2 saturated carbocycles. The second kappa shape index (κ2) is 3.73. The Morgan fingerprint density at radius 1 is 1.50 bits per heavy atom. The molecule has 2 bridgehead atoms. The molecule has 0 aliphatic heterocycles. The fourth-order valence-corrected chi connectivity index (χ4v) is 3.87. The Bertz CT molecular complexity index is 454. The molecule has 1 heterocycles. The molecular formula is C14H22N2O2. The summed E-state index contributed by atoms with van der Waals surface area (Å²) in [7, 11) is 0. The highest BCUT2D eigenvalue weighted by atomic mass is 16.6. The molecule has 0 aromatic carbocycles. The highest BCUT2D eigenvalue weighted by molar-refractivity contribution is 5.13. The topological polar surface area (TPSA) is 61.3 Å². The van der Waals surface area contributed by atoms with Gasteiger partial charge in [-0.15, -0.1) is 0 Å². The summed E-state index contributed by atoms with van der Waals surface area (Å²) in [6.45, 7) is 7.48. The zero-order chi connectivity index (χ0) is 13.0. The van der Waals surface area contributed by atoms with Crippen molar-refractivity contribution in [2.24, 2.45) is 22.5 Å². The van der Waals surface area contributed by atoms with Crippen LogP contribution in [0.4, 0.5) is 0 Å². The summed E-state index contributed by atoms with van der Waals surface area (Å²) in [5.41, 5.74) is 6.85. The third-order valence-electron chi connectivity index (χ3n) is 5.70. The average molecular weight is 250 g/mol. The molecule has 2 N–H and O–H groups in total. The zero-order valence-electron chi connectivity index (χ0n) is 11.4. The van der Waals surface area contributed by atoms with Gasteiger partial charge in [-0.1, -0.05) is 20.8 Å². The molecule has 18 heavy (non-hydrogen) atoms. The fourth-order valence-electron chi connectivity index (χ4n) is 3.87. The Labute approximate surface area is 108 Å². The van der Waals surface area contributed by atoms with Crippen LogP contribution < -0.4 is 10.5 Å². The van der Waals surface area contributed by atoms with E-state index in [4.69, 9.17) is 14.9 Å². The lowest BCUT2D eigenvalue weighted by molar-refractivity contribution is 0.0118. The summed E-state index contributed by atoms with van der Waals surface area (Å²) in [6, 6.07) is 0. The molecule has 1 aromatic heterocycles. The van der Waals surface area contributed by atoms with Gasteiger partial charge < -0.3 is 14.9 Å². The van der Waals surface area contributed by atoms with Crippen molar-refractivity contribution < 1.29 is 9.15 Å². The van der Waals surface area contributed by atoms with Crippen LogP contribution in [0.2, 0.25) is 0 Å². The van der Waals surface area contributed by atoms with Gasteiger partial charge in [-0.3, -0.25) is 0 Å². The number of hydrogen-bond donors (Lipinski definition) is 1. The van der Waals surface area contributed by atoms with Crippen molar-refractivity contribution in [1.82, 2.24) is 4.98 Å². The monoisotopic (exact) mass is 250 g/mol. The van der Waals surface area contributed by atoms with Crippen LogP contribution in [0.15, 0.2) is 10.7 Å². The van der Waals surface area contributed by atoms with Crippen LogP contribution in [0.3, 0.4) is 0 Å². The minimum atomic E-state index is 0.218. The van der Waals surface area contributed by atoms with E-state index in [1.165, 1.54) is 12.8 Å². The normalized spacial score (nSPS) is 37.1. The Kier molecular flexibility index (Phi) is 2.49. The number of oxazole rings is 1. The minimum absolute atomic E-state index is 0.218. The van der Waals surface area contributed by atoms with Crippen LogP contribution in [0.25, 0.3) is 0 Å². The standard InChI is InChI=1S/C14H22N2O2/c1-13(2)9-4-5-14(13,3)11(6-9)18-12-16-10(7-15)8-17-12/h8-9,11H,4-7,15H2,1-3H3. The van der Waals surface area contributed by atoms with E-state index in [1.54, 1.807) is 6.26 Å². The SMILES string of the molecule is CC1(C)C2CCC1(C)C(Oc1nc(CN)co1)C2. The number of aromatic nitrogens is 1. The van der Waals surface area contributed by atoms with E-state index >= 15 is 0 Å². The molecule has 4 nitrogen and oxygen atoms in total. The molecule has 4 heteroatoms. The fraction of sp³-hybridized carbons (Fsp3) is 0.786. The maximum atomic E-state index is 6.00. The quantitative estimate of drug-likeness (QED) is 0.896. The van der Waals surface area contributed by atoms with Crippen LogP contribution in [0.5, 0.6) is 6.08 Å². The number of hydrogen-bond acceptors (Lipinski definition) is 4. The summed E-state index contributed by atoms with van der Waals surface area (Å²) in [5.74, 6) is 0.761. The number of nitrogens with two attached hydrogens (primary N) is 1. The van der Waals surface area contributed by atoms with Crippen molar-refractivity contribution in [3.63, 3.8) is 0 Å².